The zero-order valence-electron chi connectivity index (χ0n) is 9.52. The van der Waals surface area contributed by atoms with Crippen molar-refractivity contribution in [1.29, 1.82) is 0 Å². The van der Waals surface area contributed by atoms with Crippen molar-refractivity contribution in [2.75, 3.05) is 6.54 Å². The van der Waals surface area contributed by atoms with E-state index < -0.39 is 30.6 Å². The lowest BCUT2D eigenvalue weighted by Crippen LogP contribution is -2.38. The van der Waals surface area contributed by atoms with E-state index in [1.54, 1.807) is 0 Å². The zero-order chi connectivity index (χ0) is 14.7. The van der Waals surface area contributed by atoms with Crippen LogP contribution in [0.3, 0.4) is 0 Å². The molecule has 19 heavy (non-hydrogen) atoms. The molecule has 0 saturated carbocycles. The number of benzene rings is 1. The van der Waals surface area contributed by atoms with Crippen LogP contribution in [0.5, 0.6) is 0 Å². The Bertz CT molecular complexity index is 414. The van der Waals surface area contributed by atoms with Crippen LogP contribution in [0.25, 0.3) is 0 Å². The van der Waals surface area contributed by atoms with E-state index >= 15 is 0 Å². The minimum absolute atomic E-state index is 0.184. The molecule has 0 fully saturated rings. The molecule has 2 N–H and O–H groups in total. The highest BCUT2D eigenvalue weighted by Crippen LogP contribution is 2.29. The zero-order valence-corrected chi connectivity index (χ0v) is 9.52. The monoisotopic (exact) mass is 287 g/mol. The number of aliphatic hydroxyl groups is 1. The Labute approximate surface area is 105 Å². The van der Waals surface area contributed by atoms with Crippen molar-refractivity contribution in [2.45, 2.75) is 25.0 Å². The van der Waals surface area contributed by atoms with Crippen molar-refractivity contribution in [1.82, 2.24) is 5.32 Å². The molecular weight excluding hydrogens is 276 g/mol. The molecule has 108 valence electrons. The molecule has 0 saturated heterocycles. The Morgan fingerprint density at radius 1 is 1.11 bits per heavy atom. The summed E-state index contributed by atoms with van der Waals surface area (Å²) in [7, 11) is 0. The van der Waals surface area contributed by atoms with Gasteiger partial charge in [-0.2, -0.15) is 26.3 Å². The van der Waals surface area contributed by atoms with Crippen LogP contribution in [0.4, 0.5) is 26.3 Å². The van der Waals surface area contributed by atoms with Gasteiger partial charge in [-0.05, 0) is 11.6 Å². The molecule has 0 radical (unpaired) electrons. The summed E-state index contributed by atoms with van der Waals surface area (Å²) in [6.07, 6.45) is -11.8. The molecular formula is C11H11F6NO. The predicted molar refractivity (Wildman–Crippen MR) is 55.2 cm³/mol. The average Bonchev–Trinajstić information content (AvgIpc) is 2.27. The summed E-state index contributed by atoms with van der Waals surface area (Å²) in [5.74, 6) is 0. The first-order valence-corrected chi connectivity index (χ1v) is 5.22. The fourth-order valence-corrected chi connectivity index (χ4v) is 1.33. The second-order valence-electron chi connectivity index (χ2n) is 3.89. The topological polar surface area (TPSA) is 32.3 Å². The standard InChI is InChI=1S/C11H11F6NO/c12-10(13,14)8-3-1-2-7(4-8)5-18-6-9(19)11(15,16)17/h1-4,9,18-19H,5-6H2/t9-/m1/s1. The molecule has 0 amide bonds. The van der Waals surface area contributed by atoms with Crippen LogP contribution in [0.1, 0.15) is 11.1 Å². The van der Waals surface area contributed by atoms with Crippen LogP contribution in [0, 0.1) is 0 Å². The Hall–Kier alpha value is -1.28. The van der Waals surface area contributed by atoms with Gasteiger partial charge in [0.15, 0.2) is 6.10 Å². The second-order valence-corrected chi connectivity index (χ2v) is 3.89. The van der Waals surface area contributed by atoms with E-state index in [0.717, 1.165) is 12.1 Å². The van der Waals surface area contributed by atoms with Gasteiger partial charge in [0.05, 0.1) is 5.56 Å². The highest BCUT2D eigenvalue weighted by Gasteiger charge is 2.37. The number of rotatable bonds is 4. The van der Waals surface area contributed by atoms with Crippen molar-refractivity contribution in [3.63, 3.8) is 0 Å². The van der Waals surface area contributed by atoms with Crippen molar-refractivity contribution in [3.8, 4) is 0 Å². The molecule has 0 aliphatic heterocycles. The molecule has 0 bridgehead atoms. The van der Waals surface area contributed by atoms with Crippen LogP contribution >= 0.6 is 0 Å². The maximum Gasteiger partial charge on any atom is 0.416 e. The van der Waals surface area contributed by atoms with Gasteiger partial charge in [0.25, 0.3) is 0 Å². The Balaban J connectivity index is 2.55. The lowest BCUT2D eigenvalue weighted by Gasteiger charge is -2.15. The Kier molecular flexibility index (Phi) is 4.81. The maximum absolute atomic E-state index is 12.4. The van der Waals surface area contributed by atoms with Gasteiger partial charge in [0.1, 0.15) is 0 Å². The lowest BCUT2D eigenvalue weighted by atomic mass is 10.1. The SMILES string of the molecule is O[C@H](CNCc1cccc(C(F)(F)F)c1)C(F)(F)F. The highest BCUT2D eigenvalue weighted by atomic mass is 19.4. The Morgan fingerprint density at radius 3 is 2.26 bits per heavy atom. The molecule has 1 rings (SSSR count). The van der Waals surface area contributed by atoms with Crippen LogP contribution in [-0.4, -0.2) is 23.9 Å². The summed E-state index contributed by atoms with van der Waals surface area (Å²) >= 11 is 0. The Morgan fingerprint density at radius 2 is 1.74 bits per heavy atom. The van der Waals surface area contributed by atoms with E-state index in [1.165, 1.54) is 12.1 Å². The first-order chi connectivity index (χ1) is 8.60. The van der Waals surface area contributed by atoms with E-state index in [2.05, 4.69) is 5.32 Å². The third-order valence-corrected chi connectivity index (χ3v) is 2.30. The molecule has 2 nitrogen and oxygen atoms in total. The number of hydrogen-bond acceptors (Lipinski definition) is 2. The van der Waals surface area contributed by atoms with Gasteiger partial charge in [-0.15, -0.1) is 0 Å². The van der Waals surface area contributed by atoms with Gasteiger partial charge in [-0.3, -0.25) is 0 Å². The smallest absolute Gasteiger partial charge is 0.382 e. The number of halogens is 6. The van der Waals surface area contributed by atoms with E-state index in [-0.39, 0.29) is 12.1 Å². The predicted octanol–water partition coefficient (Wildman–Crippen LogP) is 2.72. The van der Waals surface area contributed by atoms with E-state index in [1.807, 2.05) is 0 Å². The van der Waals surface area contributed by atoms with Crippen LogP contribution in [-0.2, 0) is 12.7 Å². The molecule has 0 unspecified atom stereocenters. The molecule has 0 spiro atoms. The van der Waals surface area contributed by atoms with Crippen molar-refractivity contribution in [3.05, 3.63) is 35.4 Å². The summed E-state index contributed by atoms with van der Waals surface area (Å²) in [5, 5.41) is 10.9. The number of aliphatic hydroxyl groups excluding tert-OH is 1. The summed E-state index contributed by atoms with van der Waals surface area (Å²) in [5.41, 5.74) is -0.688. The van der Waals surface area contributed by atoms with Gasteiger partial charge in [0.2, 0.25) is 0 Å². The first-order valence-electron chi connectivity index (χ1n) is 5.22. The van der Waals surface area contributed by atoms with E-state index in [0.29, 0.717) is 0 Å². The van der Waals surface area contributed by atoms with Crippen LogP contribution < -0.4 is 5.32 Å². The van der Waals surface area contributed by atoms with Crippen molar-refractivity contribution in [2.24, 2.45) is 0 Å². The molecule has 1 aromatic rings. The summed E-state index contributed by atoms with van der Waals surface area (Å²) < 4.78 is 73.0. The van der Waals surface area contributed by atoms with E-state index in [9.17, 15) is 26.3 Å². The molecule has 8 heteroatoms. The molecule has 0 heterocycles. The van der Waals surface area contributed by atoms with Gasteiger partial charge in [-0.25, -0.2) is 0 Å². The number of hydrogen-bond donors (Lipinski definition) is 2. The fourth-order valence-electron chi connectivity index (χ4n) is 1.33. The molecule has 1 aromatic carbocycles. The first kappa shape index (κ1) is 15.8. The summed E-state index contributed by atoms with van der Waals surface area (Å²) in [6, 6.07) is 4.23. The maximum atomic E-state index is 12.4. The fraction of sp³-hybridized carbons (Fsp3) is 0.455. The van der Waals surface area contributed by atoms with Gasteiger partial charge in [0, 0.05) is 13.1 Å². The van der Waals surface area contributed by atoms with Crippen molar-refractivity contribution >= 4 is 0 Å². The third kappa shape index (κ3) is 5.07. The average molecular weight is 287 g/mol. The van der Waals surface area contributed by atoms with E-state index in [4.69, 9.17) is 5.11 Å². The van der Waals surface area contributed by atoms with Gasteiger partial charge < -0.3 is 10.4 Å². The number of alkyl halides is 6. The lowest BCUT2D eigenvalue weighted by molar-refractivity contribution is -0.201. The largest absolute Gasteiger partial charge is 0.416 e. The highest BCUT2D eigenvalue weighted by molar-refractivity contribution is 5.25. The number of nitrogens with one attached hydrogen (secondary N) is 1. The molecule has 0 aliphatic carbocycles. The molecule has 1 atom stereocenters. The second kappa shape index (κ2) is 5.79. The molecule has 0 aliphatic rings. The normalized spacial score (nSPS) is 14.5. The van der Waals surface area contributed by atoms with Crippen LogP contribution in [0.2, 0.25) is 0 Å². The van der Waals surface area contributed by atoms with Gasteiger partial charge >= 0.3 is 12.4 Å². The molecule has 0 aromatic heterocycles. The summed E-state index contributed by atoms with van der Waals surface area (Å²) in [6.45, 7) is -0.975. The van der Waals surface area contributed by atoms with Gasteiger partial charge in [-0.1, -0.05) is 18.2 Å². The quantitative estimate of drug-likeness (QED) is 0.835. The van der Waals surface area contributed by atoms with Crippen LogP contribution in [0.15, 0.2) is 24.3 Å². The minimum Gasteiger partial charge on any atom is -0.382 e. The summed E-state index contributed by atoms with van der Waals surface area (Å²) in [4.78, 5) is 0. The minimum atomic E-state index is -4.75. The van der Waals surface area contributed by atoms with Crippen molar-refractivity contribution < 1.29 is 31.4 Å². The third-order valence-electron chi connectivity index (χ3n) is 2.30.